The molecule has 6 heteroatoms. The molecule has 1 aromatic carbocycles. The van der Waals surface area contributed by atoms with Crippen molar-refractivity contribution in [2.45, 2.75) is 76.2 Å². The third-order valence-electron chi connectivity index (χ3n) is 5.82. The number of carbonyl (C=O) groups is 2. The van der Waals surface area contributed by atoms with Crippen molar-refractivity contribution < 1.29 is 9.59 Å². The predicted octanol–water partition coefficient (Wildman–Crippen LogP) is 1.54. The second-order valence-electron chi connectivity index (χ2n) is 7.83. The fourth-order valence-corrected chi connectivity index (χ4v) is 4.31. The highest BCUT2D eigenvalue weighted by molar-refractivity contribution is 5.82. The second-order valence-corrected chi connectivity index (χ2v) is 7.83. The molecule has 148 valence electrons. The Labute approximate surface area is 161 Å². The molecular weight excluding hydrogens is 340 g/mol. The largest absolute Gasteiger partial charge is 0.351 e. The summed E-state index contributed by atoms with van der Waals surface area (Å²) in [5, 5.41) is 6.17. The normalized spacial score (nSPS) is 26.2. The van der Waals surface area contributed by atoms with Crippen LogP contribution in [-0.2, 0) is 16.1 Å². The van der Waals surface area contributed by atoms with Gasteiger partial charge in [0.1, 0.15) is 0 Å². The van der Waals surface area contributed by atoms with Gasteiger partial charge in [0.05, 0.1) is 12.1 Å². The Morgan fingerprint density at radius 1 is 1.19 bits per heavy atom. The van der Waals surface area contributed by atoms with E-state index in [-0.39, 0.29) is 23.9 Å². The number of nitrogens with one attached hydrogen (secondary N) is 2. The lowest BCUT2D eigenvalue weighted by molar-refractivity contribution is -0.126. The summed E-state index contributed by atoms with van der Waals surface area (Å²) >= 11 is 0. The minimum absolute atomic E-state index is 0.0652. The molecule has 0 unspecified atom stereocenters. The Bertz CT molecular complexity index is 636. The summed E-state index contributed by atoms with van der Waals surface area (Å²) in [4.78, 5) is 27.3. The van der Waals surface area contributed by atoms with Gasteiger partial charge in [-0.1, -0.05) is 43.7 Å². The maximum Gasteiger partial charge on any atom is 0.237 e. The number of nitrogens with two attached hydrogens (primary N) is 1. The number of benzene rings is 1. The molecular formula is C21H32N4O2. The number of hydrogen-bond donors (Lipinski definition) is 3. The first kappa shape index (κ1) is 19.8. The van der Waals surface area contributed by atoms with Gasteiger partial charge in [-0.2, -0.15) is 0 Å². The lowest BCUT2D eigenvalue weighted by Gasteiger charge is -2.38. The summed E-state index contributed by atoms with van der Waals surface area (Å²) in [5.41, 5.74) is 7.04. The van der Waals surface area contributed by atoms with E-state index in [2.05, 4.69) is 15.5 Å². The summed E-state index contributed by atoms with van der Waals surface area (Å²) in [5.74, 6) is 0.0283. The number of nitrogens with zero attached hydrogens (tertiary/aromatic N) is 1. The first-order chi connectivity index (χ1) is 13.1. The molecule has 0 radical (unpaired) electrons. The van der Waals surface area contributed by atoms with Crippen LogP contribution in [0.4, 0.5) is 0 Å². The molecule has 2 fully saturated rings. The van der Waals surface area contributed by atoms with E-state index in [4.69, 9.17) is 5.73 Å². The summed E-state index contributed by atoms with van der Waals surface area (Å²) in [6.07, 6.45) is 5.54. The van der Waals surface area contributed by atoms with Gasteiger partial charge < -0.3 is 16.4 Å². The van der Waals surface area contributed by atoms with Crippen molar-refractivity contribution >= 4 is 11.8 Å². The summed E-state index contributed by atoms with van der Waals surface area (Å²) in [6, 6.07) is 9.98. The van der Waals surface area contributed by atoms with Gasteiger partial charge in [0.25, 0.3) is 0 Å². The van der Waals surface area contributed by atoms with E-state index in [1.54, 1.807) is 0 Å². The van der Waals surface area contributed by atoms with Crippen LogP contribution in [-0.4, -0.2) is 47.4 Å². The van der Waals surface area contributed by atoms with Gasteiger partial charge >= 0.3 is 0 Å². The number of hydrogen-bond acceptors (Lipinski definition) is 4. The van der Waals surface area contributed by atoms with Crippen LogP contribution in [0.15, 0.2) is 30.3 Å². The molecule has 2 amide bonds. The second kappa shape index (κ2) is 9.33. The smallest absolute Gasteiger partial charge is 0.237 e. The number of rotatable bonds is 7. The van der Waals surface area contributed by atoms with Crippen molar-refractivity contribution in [1.82, 2.24) is 15.5 Å². The van der Waals surface area contributed by atoms with Crippen molar-refractivity contribution in [1.29, 1.82) is 0 Å². The van der Waals surface area contributed by atoms with Crippen LogP contribution in [0.3, 0.4) is 0 Å². The van der Waals surface area contributed by atoms with E-state index in [1.165, 1.54) is 0 Å². The van der Waals surface area contributed by atoms with Gasteiger partial charge in [0.15, 0.2) is 0 Å². The van der Waals surface area contributed by atoms with Crippen LogP contribution in [0.1, 0.15) is 51.0 Å². The number of amides is 2. The lowest BCUT2D eigenvalue weighted by Crippen LogP contribution is -2.56. The van der Waals surface area contributed by atoms with E-state index in [1.807, 2.05) is 37.3 Å². The van der Waals surface area contributed by atoms with Crippen molar-refractivity contribution in [3.8, 4) is 0 Å². The molecule has 4 atom stereocenters. The fourth-order valence-electron chi connectivity index (χ4n) is 4.31. The number of carbonyl (C=O) groups excluding carboxylic acids is 2. The van der Waals surface area contributed by atoms with Crippen molar-refractivity contribution in [3.63, 3.8) is 0 Å². The Hall–Kier alpha value is -1.92. The van der Waals surface area contributed by atoms with E-state index in [9.17, 15) is 9.59 Å². The molecule has 2 aliphatic heterocycles. The maximum atomic E-state index is 12.7. The predicted molar refractivity (Wildman–Crippen MR) is 106 cm³/mol. The summed E-state index contributed by atoms with van der Waals surface area (Å²) in [6.45, 7) is 3.32. The number of fused-ring (bicyclic) bond motifs is 1. The molecule has 4 N–H and O–H groups in total. The van der Waals surface area contributed by atoms with Gasteiger partial charge in [-0.15, -0.1) is 0 Å². The quantitative estimate of drug-likeness (QED) is 0.678. The van der Waals surface area contributed by atoms with Gasteiger partial charge in [0.2, 0.25) is 11.8 Å². The molecule has 6 nitrogen and oxygen atoms in total. The van der Waals surface area contributed by atoms with Crippen molar-refractivity contribution in [3.05, 3.63) is 35.9 Å². The van der Waals surface area contributed by atoms with Crippen LogP contribution in [0.25, 0.3) is 0 Å². The molecule has 0 saturated carbocycles. The average Bonchev–Trinajstić information content (AvgIpc) is 3.10. The standard InChI is InChI=1S/C21H32N4O2/c1-2-6-18(22)20(26)24-16-9-10-17-11-12-19(25(17)14-16)21(27)23-13-15-7-4-3-5-8-15/h3-5,7-8,16-19H,2,6,9-14,22H2,1H3,(H,23,27)(H,24,26)/t16-,17-,18-,19-/m0/s1. The Balaban J connectivity index is 1.53. The third-order valence-corrected chi connectivity index (χ3v) is 5.82. The van der Waals surface area contributed by atoms with E-state index >= 15 is 0 Å². The zero-order valence-electron chi connectivity index (χ0n) is 16.2. The van der Waals surface area contributed by atoms with Crippen LogP contribution >= 0.6 is 0 Å². The summed E-state index contributed by atoms with van der Waals surface area (Å²) in [7, 11) is 0. The monoisotopic (exact) mass is 372 g/mol. The molecule has 0 aromatic heterocycles. The Morgan fingerprint density at radius 3 is 2.67 bits per heavy atom. The topological polar surface area (TPSA) is 87.5 Å². The van der Waals surface area contributed by atoms with Crippen molar-refractivity contribution in [2.75, 3.05) is 6.54 Å². The van der Waals surface area contributed by atoms with E-state index in [0.717, 1.165) is 44.2 Å². The zero-order chi connectivity index (χ0) is 19.2. The Kier molecular flexibility index (Phi) is 6.85. The average molecular weight is 373 g/mol. The molecule has 3 rings (SSSR count). The van der Waals surface area contributed by atoms with E-state index < -0.39 is 6.04 Å². The van der Waals surface area contributed by atoms with Gasteiger partial charge in [-0.05, 0) is 37.7 Å². The van der Waals surface area contributed by atoms with Crippen LogP contribution in [0, 0.1) is 0 Å². The van der Waals surface area contributed by atoms with E-state index in [0.29, 0.717) is 19.0 Å². The van der Waals surface area contributed by atoms with Crippen LogP contribution < -0.4 is 16.4 Å². The SMILES string of the molecule is CCC[C@H](N)C(=O)N[C@H]1CC[C@H]2CC[C@@H](C(=O)NCc3ccccc3)N2C1. The van der Waals surface area contributed by atoms with Crippen molar-refractivity contribution in [2.24, 2.45) is 5.73 Å². The Morgan fingerprint density at radius 2 is 1.93 bits per heavy atom. The highest BCUT2D eigenvalue weighted by atomic mass is 16.2. The first-order valence-corrected chi connectivity index (χ1v) is 10.2. The first-order valence-electron chi connectivity index (χ1n) is 10.2. The van der Waals surface area contributed by atoms with Gasteiger partial charge in [0, 0.05) is 25.2 Å². The minimum atomic E-state index is -0.434. The fraction of sp³-hybridized carbons (Fsp3) is 0.619. The molecule has 2 saturated heterocycles. The molecule has 1 aromatic rings. The maximum absolute atomic E-state index is 12.7. The number of piperidine rings is 1. The zero-order valence-corrected chi connectivity index (χ0v) is 16.2. The molecule has 0 bridgehead atoms. The molecule has 27 heavy (non-hydrogen) atoms. The van der Waals surface area contributed by atoms with Gasteiger partial charge in [-0.25, -0.2) is 0 Å². The molecule has 0 aliphatic carbocycles. The molecule has 2 aliphatic rings. The third kappa shape index (κ3) is 5.08. The molecule has 2 heterocycles. The highest BCUT2D eigenvalue weighted by Gasteiger charge is 2.41. The summed E-state index contributed by atoms with van der Waals surface area (Å²) < 4.78 is 0. The van der Waals surface area contributed by atoms with Crippen LogP contribution in [0.2, 0.25) is 0 Å². The molecule has 0 spiro atoms. The van der Waals surface area contributed by atoms with Crippen LogP contribution in [0.5, 0.6) is 0 Å². The minimum Gasteiger partial charge on any atom is -0.351 e. The highest BCUT2D eigenvalue weighted by Crippen LogP contribution is 2.31. The van der Waals surface area contributed by atoms with Gasteiger partial charge in [-0.3, -0.25) is 14.5 Å². The lowest BCUT2D eigenvalue weighted by atomic mass is 9.98.